The lowest BCUT2D eigenvalue weighted by molar-refractivity contribution is -0.120. The zero-order valence-electron chi connectivity index (χ0n) is 20.4. The first kappa shape index (κ1) is 27.2. The van der Waals surface area contributed by atoms with Crippen molar-refractivity contribution in [2.24, 2.45) is 0 Å². The van der Waals surface area contributed by atoms with Gasteiger partial charge in [0, 0.05) is 25.1 Å². The SMILES string of the molecule is CC(=O)N[C@@H](Cc1cc(F)cc(F)c1)[C@H](O)CNC1(c2cccc(C(C)C)c2)CCS(=O)(=O)CC1. The lowest BCUT2D eigenvalue weighted by Crippen LogP contribution is -2.54. The van der Waals surface area contributed by atoms with Crippen molar-refractivity contribution in [1.82, 2.24) is 10.6 Å². The Morgan fingerprint density at radius 3 is 2.29 bits per heavy atom. The topological polar surface area (TPSA) is 95.5 Å². The predicted octanol–water partition coefficient (Wildman–Crippen LogP) is 3.19. The van der Waals surface area contributed by atoms with Crippen molar-refractivity contribution in [3.05, 3.63) is 70.8 Å². The maximum Gasteiger partial charge on any atom is 0.217 e. The number of rotatable bonds is 9. The second-order valence-electron chi connectivity index (χ2n) is 9.75. The van der Waals surface area contributed by atoms with Crippen LogP contribution in [0.25, 0.3) is 0 Å². The summed E-state index contributed by atoms with van der Waals surface area (Å²) in [6.07, 6.45) is -0.358. The fourth-order valence-electron chi connectivity index (χ4n) is 4.62. The van der Waals surface area contributed by atoms with Gasteiger partial charge < -0.3 is 15.7 Å². The molecule has 3 rings (SSSR count). The molecular weight excluding hydrogens is 474 g/mol. The van der Waals surface area contributed by atoms with Gasteiger partial charge in [0.15, 0.2) is 0 Å². The van der Waals surface area contributed by atoms with Crippen LogP contribution in [0.4, 0.5) is 8.78 Å². The van der Waals surface area contributed by atoms with Gasteiger partial charge in [0.05, 0.1) is 23.7 Å². The predicted molar refractivity (Wildman–Crippen MR) is 132 cm³/mol. The van der Waals surface area contributed by atoms with Crippen molar-refractivity contribution in [2.45, 2.75) is 63.6 Å². The van der Waals surface area contributed by atoms with Crippen LogP contribution < -0.4 is 10.6 Å². The number of hydrogen-bond acceptors (Lipinski definition) is 5. The summed E-state index contributed by atoms with van der Waals surface area (Å²) in [6, 6.07) is 10.3. The van der Waals surface area contributed by atoms with E-state index in [4.69, 9.17) is 0 Å². The number of carbonyl (C=O) groups excluding carboxylic acids is 1. The van der Waals surface area contributed by atoms with E-state index < -0.39 is 39.2 Å². The van der Waals surface area contributed by atoms with Gasteiger partial charge >= 0.3 is 0 Å². The van der Waals surface area contributed by atoms with E-state index in [0.717, 1.165) is 17.2 Å². The van der Waals surface area contributed by atoms with Crippen LogP contribution in [0.15, 0.2) is 42.5 Å². The van der Waals surface area contributed by atoms with E-state index in [-0.39, 0.29) is 30.4 Å². The number of aliphatic hydroxyl groups is 1. The molecule has 2 aromatic carbocycles. The van der Waals surface area contributed by atoms with E-state index in [2.05, 4.69) is 30.5 Å². The summed E-state index contributed by atoms with van der Waals surface area (Å²) in [5.41, 5.74) is 1.72. The van der Waals surface area contributed by atoms with Gasteiger partial charge in [-0.2, -0.15) is 0 Å². The molecule has 1 aliphatic rings. The quantitative estimate of drug-likeness (QED) is 0.484. The molecule has 192 valence electrons. The van der Waals surface area contributed by atoms with E-state index in [9.17, 15) is 27.1 Å². The maximum absolute atomic E-state index is 13.7. The third-order valence-corrected chi connectivity index (χ3v) is 8.32. The Hall–Kier alpha value is -2.36. The molecule has 0 spiro atoms. The third-order valence-electron chi connectivity index (χ3n) is 6.67. The summed E-state index contributed by atoms with van der Waals surface area (Å²) in [5, 5.41) is 17.1. The van der Waals surface area contributed by atoms with Crippen LogP contribution in [-0.2, 0) is 26.6 Å². The van der Waals surface area contributed by atoms with Gasteiger partial charge in [-0.05, 0) is 54.0 Å². The van der Waals surface area contributed by atoms with Crippen molar-refractivity contribution in [3.8, 4) is 0 Å². The summed E-state index contributed by atoms with van der Waals surface area (Å²) in [6.45, 7) is 5.53. The molecule has 1 heterocycles. The second-order valence-corrected chi connectivity index (χ2v) is 12.1. The monoisotopic (exact) mass is 508 g/mol. The highest BCUT2D eigenvalue weighted by atomic mass is 32.2. The molecule has 1 saturated heterocycles. The zero-order valence-corrected chi connectivity index (χ0v) is 21.2. The Morgan fingerprint density at radius 2 is 1.71 bits per heavy atom. The van der Waals surface area contributed by atoms with E-state index in [0.29, 0.717) is 24.3 Å². The lowest BCUT2D eigenvalue weighted by atomic mass is 9.82. The summed E-state index contributed by atoms with van der Waals surface area (Å²) >= 11 is 0. The van der Waals surface area contributed by atoms with E-state index in [1.165, 1.54) is 19.1 Å². The zero-order chi connectivity index (χ0) is 25.8. The number of sulfone groups is 1. The Labute approximate surface area is 206 Å². The molecule has 0 aromatic heterocycles. The Morgan fingerprint density at radius 1 is 1.09 bits per heavy atom. The molecule has 6 nitrogen and oxygen atoms in total. The fourth-order valence-corrected chi connectivity index (χ4v) is 6.14. The van der Waals surface area contributed by atoms with E-state index >= 15 is 0 Å². The average molecular weight is 509 g/mol. The number of amides is 1. The van der Waals surface area contributed by atoms with Crippen molar-refractivity contribution in [1.29, 1.82) is 0 Å². The maximum atomic E-state index is 13.7. The normalized spacial score (nSPS) is 18.7. The number of nitrogens with one attached hydrogen (secondary N) is 2. The number of hydrogen-bond donors (Lipinski definition) is 3. The molecule has 1 amide bonds. The Balaban J connectivity index is 1.83. The smallest absolute Gasteiger partial charge is 0.217 e. The van der Waals surface area contributed by atoms with Crippen LogP contribution in [-0.4, -0.2) is 49.6 Å². The minimum atomic E-state index is -3.14. The van der Waals surface area contributed by atoms with Crippen LogP contribution in [0.2, 0.25) is 0 Å². The second kappa shape index (κ2) is 11.1. The summed E-state index contributed by atoms with van der Waals surface area (Å²) in [4.78, 5) is 11.8. The molecule has 0 bridgehead atoms. The third kappa shape index (κ3) is 7.32. The Bertz CT molecular complexity index is 1120. The number of aliphatic hydroxyl groups excluding tert-OH is 1. The summed E-state index contributed by atoms with van der Waals surface area (Å²) in [7, 11) is -3.14. The summed E-state index contributed by atoms with van der Waals surface area (Å²) < 4.78 is 51.7. The van der Waals surface area contributed by atoms with Gasteiger partial charge in [0.2, 0.25) is 5.91 Å². The first-order valence-corrected chi connectivity index (χ1v) is 13.7. The molecule has 2 atom stereocenters. The standard InChI is InChI=1S/C26H34F2N2O4S/c1-17(2)20-5-4-6-21(14-20)26(7-9-35(33,34)10-8-26)29-16-25(32)24(30-18(3)31)13-19-11-22(27)15-23(28)12-19/h4-6,11-12,14-15,17,24-25,29,32H,7-10,13,16H2,1-3H3,(H,30,31)/t24-,25+/m0/s1. The number of benzene rings is 2. The average Bonchev–Trinajstić information content (AvgIpc) is 2.77. The van der Waals surface area contributed by atoms with E-state index in [1.807, 2.05) is 18.2 Å². The van der Waals surface area contributed by atoms with Gasteiger partial charge in [-0.3, -0.25) is 4.79 Å². The first-order valence-electron chi connectivity index (χ1n) is 11.9. The van der Waals surface area contributed by atoms with Crippen LogP contribution in [0.5, 0.6) is 0 Å². The highest BCUT2D eigenvalue weighted by molar-refractivity contribution is 7.91. The number of halogens is 2. The molecule has 9 heteroatoms. The Kier molecular flexibility index (Phi) is 8.67. The molecule has 3 N–H and O–H groups in total. The molecule has 0 aliphatic carbocycles. The van der Waals surface area contributed by atoms with E-state index in [1.54, 1.807) is 0 Å². The van der Waals surface area contributed by atoms with Crippen molar-refractivity contribution in [3.63, 3.8) is 0 Å². The van der Waals surface area contributed by atoms with Gasteiger partial charge in [-0.25, -0.2) is 17.2 Å². The van der Waals surface area contributed by atoms with Crippen LogP contribution in [0.3, 0.4) is 0 Å². The minimum Gasteiger partial charge on any atom is -0.390 e. The molecule has 1 fully saturated rings. The molecule has 2 aromatic rings. The van der Waals surface area contributed by atoms with Gasteiger partial charge in [-0.1, -0.05) is 38.1 Å². The van der Waals surface area contributed by atoms with Crippen molar-refractivity contribution in [2.75, 3.05) is 18.1 Å². The van der Waals surface area contributed by atoms with Crippen molar-refractivity contribution < 1.29 is 27.1 Å². The number of carbonyl (C=O) groups is 1. The van der Waals surface area contributed by atoms with Crippen LogP contribution >= 0.6 is 0 Å². The molecule has 0 saturated carbocycles. The van der Waals surface area contributed by atoms with Crippen LogP contribution in [0, 0.1) is 11.6 Å². The minimum absolute atomic E-state index is 0.0275. The molecular formula is C26H34F2N2O4S. The van der Waals surface area contributed by atoms with Crippen molar-refractivity contribution >= 4 is 15.7 Å². The lowest BCUT2D eigenvalue weighted by Gasteiger charge is -2.40. The largest absolute Gasteiger partial charge is 0.390 e. The fraction of sp³-hybridized carbons (Fsp3) is 0.500. The molecule has 35 heavy (non-hydrogen) atoms. The van der Waals surface area contributed by atoms with Crippen LogP contribution in [0.1, 0.15) is 56.2 Å². The summed E-state index contributed by atoms with van der Waals surface area (Å²) in [5.74, 6) is -1.50. The van der Waals surface area contributed by atoms with Gasteiger partial charge in [0.1, 0.15) is 21.5 Å². The van der Waals surface area contributed by atoms with Gasteiger partial charge in [0.25, 0.3) is 0 Å². The molecule has 0 radical (unpaired) electrons. The molecule has 0 unspecified atom stereocenters. The highest BCUT2D eigenvalue weighted by Crippen LogP contribution is 2.35. The highest BCUT2D eigenvalue weighted by Gasteiger charge is 2.39. The first-order chi connectivity index (χ1) is 16.4. The van der Waals surface area contributed by atoms with Gasteiger partial charge in [-0.15, -0.1) is 0 Å². The molecule has 1 aliphatic heterocycles.